The Morgan fingerprint density at radius 3 is 2.32 bits per heavy atom. The van der Waals surface area contributed by atoms with Gasteiger partial charge in [-0.15, -0.1) is 0 Å². The zero-order chi connectivity index (χ0) is 25.0. The highest BCUT2D eigenvalue weighted by Gasteiger charge is 2.33. The lowest BCUT2D eigenvalue weighted by Crippen LogP contribution is -2.40. The first-order chi connectivity index (χ1) is 16.1. The van der Waals surface area contributed by atoms with E-state index in [1.54, 1.807) is 14.2 Å². The van der Waals surface area contributed by atoms with Gasteiger partial charge in [0.15, 0.2) is 11.5 Å². The van der Waals surface area contributed by atoms with Crippen LogP contribution in [0.3, 0.4) is 0 Å². The Labute approximate surface area is 205 Å². The Balaban J connectivity index is 1.93. The van der Waals surface area contributed by atoms with Crippen molar-refractivity contribution >= 4 is 5.97 Å². The molecule has 0 spiro atoms. The molecule has 0 radical (unpaired) electrons. The number of hydrogen-bond acceptors (Lipinski definition) is 5. The number of fused-ring (bicyclic) bond motifs is 1. The first-order valence-corrected chi connectivity index (χ1v) is 12.4. The van der Waals surface area contributed by atoms with Crippen molar-refractivity contribution < 1.29 is 19.0 Å². The molecule has 3 unspecified atom stereocenters. The van der Waals surface area contributed by atoms with E-state index in [0.29, 0.717) is 5.92 Å². The maximum Gasteiger partial charge on any atom is 0.303 e. The van der Waals surface area contributed by atoms with E-state index in [-0.39, 0.29) is 24.0 Å². The molecule has 0 bridgehead atoms. The topological polar surface area (TPSA) is 48.0 Å². The van der Waals surface area contributed by atoms with Crippen molar-refractivity contribution in [2.24, 2.45) is 11.8 Å². The molecule has 0 amide bonds. The summed E-state index contributed by atoms with van der Waals surface area (Å²) < 4.78 is 17.1. The molecule has 0 aromatic heterocycles. The summed E-state index contributed by atoms with van der Waals surface area (Å²) in [5.41, 5.74) is 6.14. The smallest absolute Gasteiger partial charge is 0.303 e. The highest BCUT2D eigenvalue weighted by atomic mass is 16.5. The van der Waals surface area contributed by atoms with Crippen LogP contribution < -0.4 is 9.47 Å². The SMILES string of the molecule is COc1cc2c(cc1OC)C(C)N(CC(CC(C)C)C(OC(C)=O)c1ccc(C)c(C)c1)CC2. The summed E-state index contributed by atoms with van der Waals surface area (Å²) in [6.45, 7) is 14.3. The third-order valence-corrected chi connectivity index (χ3v) is 7.14. The third-order valence-electron chi connectivity index (χ3n) is 7.14. The second kappa shape index (κ2) is 11.3. The molecule has 3 rings (SSSR count). The number of rotatable bonds is 9. The van der Waals surface area contributed by atoms with Crippen molar-refractivity contribution in [3.05, 3.63) is 58.1 Å². The van der Waals surface area contributed by atoms with E-state index in [9.17, 15) is 4.79 Å². The molecule has 1 aliphatic heterocycles. The van der Waals surface area contributed by atoms with Crippen LogP contribution in [-0.2, 0) is 16.0 Å². The molecule has 1 aliphatic rings. The van der Waals surface area contributed by atoms with E-state index in [1.807, 2.05) is 0 Å². The van der Waals surface area contributed by atoms with Crippen LogP contribution in [-0.4, -0.2) is 38.2 Å². The third kappa shape index (κ3) is 5.93. The van der Waals surface area contributed by atoms with E-state index in [2.05, 4.69) is 69.9 Å². The Morgan fingerprint density at radius 2 is 1.74 bits per heavy atom. The van der Waals surface area contributed by atoms with Crippen molar-refractivity contribution in [3.8, 4) is 11.5 Å². The molecule has 0 aliphatic carbocycles. The second-order valence-electron chi connectivity index (χ2n) is 10.1. The fourth-order valence-electron chi connectivity index (χ4n) is 5.20. The molecular formula is C29H41NO4. The molecule has 1 heterocycles. The molecule has 0 N–H and O–H groups in total. The zero-order valence-electron chi connectivity index (χ0n) is 22.1. The minimum atomic E-state index is -0.266. The number of hydrogen-bond donors (Lipinski definition) is 0. The van der Waals surface area contributed by atoms with E-state index < -0.39 is 0 Å². The lowest BCUT2D eigenvalue weighted by molar-refractivity contribution is -0.150. The van der Waals surface area contributed by atoms with Gasteiger partial charge in [0, 0.05) is 32.0 Å². The van der Waals surface area contributed by atoms with E-state index in [0.717, 1.165) is 43.0 Å². The number of esters is 1. The molecule has 34 heavy (non-hydrogen) atoms. The summed E-state index contributed by atoms with van der Waals surface area (Å²) >= 11 is 0. The summed E-state index contributed by atoms with van der Waals surface area (Å²) in [5, 5.41) is 0. The first kappa shape index (κ1) is 26.1. The van der Waals surface area contributed by atoms with Crippen LogP contribution >= 0.6 is 0 Å². The number of carbonyl (C=O) groups is 1. The Hall–Kier alpha value is -2.53. The summed E-state index contributed by atoms with van der Waals surface area (Å²) in [6.07, 6.45) is 1.67. The van der Waals surface area contributed by atoms with Gasteiger partial charge >= 0.3 is 5.97 Å². The second-order valence-corrected chi connectivity index (χ2v) is 10.1. The Morgan fingerprint density at radius 1 is 1.06 bits per heavy atom. The molecule has 186 valence electrons. The van der Waals surface area contributed by atoms with Gasteiger partial charge in [0.05, 0.1) is 14.2 Å². The molecule has 2 aromatic carbocycles. The Bertz CT molecular complexity index is 1000. The van der Waals surface area contributed by atoms with E-state index in [4.69, 9.17) is 14.2 Å². The fourth-order valence-corrected chi connectivity index (χ4v) is 5.20. The van der Waals surface area contributed by atoms with Crippen LogP contribution in [0.15, 0.2) is 30.3 Å². The zero-order valence-corrected chi connectivity index (χ0v) is 22.1. The van der Waals surface area contributed by atoms with Gasteiger partial charge in [0.1, 0.15) is 6.10 Å². The first-order valence-electron chi connectivity index (χ1n) is 12.4. The number of benzene rings is 2. The van der Waals surface area contributed by atoms with Crippen LogP contribution in [0.25, 0.3) is 0 Å². The molecule has 0 saturated heterocycles. The molecular weight excluding hydrogens is 426 g/mol. The van der Waals surface area contributed by atoms with Gasteiger partial charge in [-0.25, -0.2) is 0 Å². The average molecular weight is 468 g/mol. The predicted octanol–water partition coefficient (Wildman–Crippen LogP) is 6.21. The van der Waals surface area contributed by atoms with Crippen molar-refractivity contribution in [2.75, 3.05) is 27.3 Å². The lowest BCUT2D eigenvalue weighted by Gasteiger charge is -2.40. The minimum absolute atomic E-state index is 0.190. The number of carbonyl (C=O) groups excluding carboxylic acids is 1. The molecule has 0 fully saturated rings. The van der Waals surface area contributed by atoms with Crippen molar-refractivity contribution in [2.45, 2.75) is 66.5 Å². The molecule has 0 saturated carbocycles. The lowest BCUT2D eigenvalue weighted by atomic mass is 9.85. The van der Waals surface area contributed by atoms with Crippen molar-refractivity contribution in [3.63, 3.8) is 0 Å². The van der Waals surface area contributed by atoms with Crippen LogP contribution in [0, 0.1) is 25.7 Å². The van der Waals surface area contributed by atoms with Gasteiger partial charge in [-0.1, -0.05) is 32.0 Å². The van der Waals surface area contributed by atoms with Crippen LogP contribution in [0.5, 0.6) is 11.5 Å². The number of nitrogens with zero attached hydrogens (tertiary/aromatic N) is 1. The van der Waals surface area contributed by atoms with Crippen LogP contribution in [0.1, 0.15) is 74.1 Å². The molecule has 5 nitrogen and oxygen atoms in total. The standard InChI is InChI=1S/C29H41NO4/c1-18(2)13-25(29(34-22(6)31)24-10-9-19(3)20(4)14-24)17-30-12-11-23-15-27(32-7)28(33-8)16-26(23)21(30)5/h9-10,14-16,18,21,25,29H,11-13,17H2,1-8H3. The van der Waals surface area contributed by atoms with Gasteiger partial charge in [-0.2, -0.15) is 0 Å². The van der Waals surface area contributed by atoms with Gasteiger partial charge in [-0.05, 0) is 79.5 Å². The van der Waals surface area contributed by atoms with Crippen LogP contribution in [0.2, 0.25) is 0 Å². The normalized spacial score (nSPS) is 17.7. The quantitative estimate of drug-likeness (QED) is 0.411. The maximum atomic E-state index is 12.2. The van der Waals surface area contributed by atoms with Gasteiger partial charge < -0.3 is 14.2 Å². The summed E-state index contributed by atoms with van der Waals surface area (Å²) in [7, 11) is 3.36. The number of aryl methyl sites for hydroxylation is 2. The van der Waals surface area contributed by atoms with Gasteiger partial charge in [0.25, 0.3) is 0 Å². The average Bonchev–Trinajstić information content (AvgIpc) is 2.79. The van der Waals surface area contributed by atoms with E-state index in [1.165, 1.54) is 29.2 Å². The molecule has 3 atom stereocenters. The van der Waals surface area contributed by atoms with Crippen LogP contribution in [0.4, 0.5) is 0 Å². The fraction of sp³-hybridized carbons (Fsp3) is 0.552. The summed E-state index contributed by atoms with van der Waals surface area (Å²) in [4.78, 5) is 14.7. The maximum absolute atomic E-state index is 12.2. The number of methoxy groups -OCH3 is 2. The highest BCUT2D eigenvalue weighted by molar-refractivity contribution is 5.66. The highest BCUT2D eigenvalue weighted by Crippen LogP contribution is 2.40. The summed E-state index contributed by atoms with van der Waals surface area (Å²) in [6, 6.07) is 10.9. The largest absolute Gasteiger partial charge is 0.493 e. The van der Waals surface area contributed by atoms with Gasteiger partial charge in [-0.3, -0.25) is 9.69 Å². The van der Waals surface area contributed by atoms with Crippen molar-refractivity contribution in [1.82, 2.24) is 4.90 Å². The monoisotopic (exact) mass is 467 g/mol. The molecule has 5 heteroatoms. The molecule has 2 aromatic rings. The predicted molar refractivity (Wildman–Crippen MR) is 137 cm³/mol. The minimum Gasteiger partial charge on any atom is -0.493 e. The van der Waals surface area contributed by atoms with Gasteiger partial charge in [0.2, 0.25) is 0 Å². The Kier molecular flexibility index (Phi) is 8.64. The van der Waals surface area contributed by atoms with Crippen molar-refractivity contribution in [1.29, 1.82) is 0 Å². The van der Waals surface area contributed by atoms with E-state index >= 15 is 0 Å². The summed E-state index contributed by atoms with van der Waals surface area (Å²) in [5.74, 6) is 2.00. The number of ether oxygens (including phenoxy) is 3.